The van der Waals surface area contributed by atoms with E-state index in [9.17, 15) is 9.90 Å². The number of anilines is 2. The number of aliphatic hydroxyl groups is 1. The van der Waals surface area contributed by atoms with Crippen LogP contribution in [0.4, 0.5) is 11.8 Å². The molecular formula is C24H34N6O4. The molecule has 10 heteroatoms. The third-order valence-electron chi connectivity index (χ3n) is 6.09. The summed E-state index contributed by atoms with van der Waals surface area (Å²) < 4.78 is 10.4. The van der Waals surface area contributed by atoms with Crippen LogP contribution in [-0.2, 0) is 22.4 Å². The van der Waals surface area contributed by atoms with Crippen LogP contribution in [0.3, 0.4) is 0 Å². The second kappa shape index (κ2) is 11.6. The summed E-state index contributed by atoms with van der Waals surface area (Å²) in [5.41, 5.74) is 2.92. The molecule has 2 aromatic rings. The molecule has 1 aromatic heterocycles. The summed E-state index contributed by atoms with van der Waals surface area (Å²) in [5, 5.41) is 16.7. The van der Waals surface area contributed by atoms with Gasteiger partial charge in [0.25, 0.3) is 5.91 Å². The highest BCUT2D eigenvalue weighted by Gasteiger charge is 2.22. The average molecular weight is 471 g/mol. The molecule has 0 spiro atoms. The highest BCUT2D eigenvalue weighted by Crippen LogP contribution is 2.19. The Bertz CT molecular complexity index is 970. The number of carbonyl (C=O) groups excluding carboxylic acids is 1. The number of β-amino-alcohol motifs (C(OH)–C–C–N with tert-alkyl or cyclic N) is 1. The summed E-state index contributed by atoms with van der Waals surface area (Å²) in [6, 6.07) is 10.2. The lowest BCUT2D eigenvalue weighted by atomic mass is 10.00. The van der Waals surface area contributed by atoms with Gasteiger partial charge in [0.2, 0.25) is 5.95 Å². The van der Waals surface area contributed by atoms with Crippen molar-refractivity contribution in [1.29, 1.82) is 0 Å². The maximum absolute atomic E-state index is 12.9. The van der Waals surface area contributed by atoms with Crippen LogP contribution in [0.25, 0.3) is 0 Å². The molecule has 1 atom stereocenters. The van der Waals surface area contributed by atoms with Crippen molar-refractivity contribution in [2.45, 2.75) is 25.1 Å². The Hall–Kier alpha value is -2.79. The monoisotopic (exact) mass is 470 g/mol. The number of likely N-dealkylation sites (N-methyl/N-ethyl adjacent to an activating group) is 1. The van der Waals surface area contributed by atoms with Gasteiger partial charge in [-0.05, 0) is 17.5 Å². The SMILES string of the molecule is COCCN(C)c1nc(NC2COC2)cc(C(=O)NC[C@H](O)CN2CCc3ccccc3C2)n1. The van der Waals surface area contributed by atoms with E-state index in [0.717, 1.165) is 19.5 Å². The lowest BCUT2D eigenvalue weighted by molar-refractivity contribution is 0.0209. The van der Waals surface area contributed by atoms with Gasteiger partial charge in [0.15, 0.2) is 0 Å². The Morgan fingerprint density at radius 2 is 2.12 bits per heavy atom. The molecule has 1 amide bonds. The molecular weight excluding hydrogens is 436 g/mol. The Labute approximate surface area is 200 Å². The van der Waals surface area contributed by atoms with Crippen LogP contribution in [0, 0.1) is 0 Å². The molecule has 10 nitrogen and oxygen atoms in total. The smallest absolute Gasteiger partial charge is 0.270 e. The fraction of sp³-hybridized carbons (Fsp3) is 0.542. The normalized spacial score (nSPS) is 16.9. The van der Waals surface area contributed by atoms with Gasteiger partial charge in [-0.1, -0.05) is 24.3 Å². The first-order chi connectivity index (χ1) is 16.5. The molecule has 3 N–H and O–H groups in total. The quantitative estimate of drug-likeness (QED) is 0.433. The summed E-state index contributed by atoms with van der Waals surface area (Å²) in [7, 11) is 3.49. The van der Waals surface area contributed by atoms with Crippen molar-refractivity contribution in [3.63, 3.8) is 0 Å². The van der Waals surface area contributed by atoms with Crippen molar-refractivity contribution in [3.8, 4) is 0 Å². The molecule has 1 fully saturated rings. The molecule has 1 aromatic carbocycles. The molecule has 1 saturated heterocycles. The fourth-order valence-corrected chi connectivity index (χ4v) is 4.03. The van der Waals surface area contributed by atoms with Crippen molar-refractivity contribution in [1.82, 2.24) is 20.2 Å². The lowest BCUT2D eigenvalue weighted by Gasteiger charge is -2.30. The summed E-state index contributed by atoms with van der Waals surface area (Å²) in [5.74, 6) is 0.653. The highest BCUT2D eigenvalue weighted by molar-refractivity contribution is 5.93. The third-order valence-corrected chi connectivity index (χ3v) is 6.09. The van der Waals surface area contributed by atoms with E-state index in [4.69, 9.17) is 9.47 Å². The Morgan fingerprint density at radius 3 is 2.85 bits per heavy atom. The molecule has 0 bridgehead atoms. The molecule has 2 aliphatic heterocycles. The number of amides is 1. The minimum Gasteiger partial charge on any atom is -0.390 e. The number of fused-ring (bicyclic) bond motifs is 1. The molecule has 34 heavy (non-hydrogen) atoms. The van der Waals surface area contributed by atoms with Gasteiger partial charge < -0.3 is 30.1 Å². The summed E-state index contributed by atoms with van der Waals surface area (Å²) in [6.07, 6.45) is 0.293. The predicted molar refractivity (Wildman–Crippen MR) is 129 cm³/mol. The zero-order valence-corrected chi connectivity index (χ0v) is 19.9. The maximum atomic E-state index is 12.9. The Morgan fingerprint density at radius 1 is 1.32 bits per heavy atom. The molecule has 0 aliphatic carbocycles. The summed E-state index contributed by atoms with van der Waals surface area (Å²) in [4.78, 5) is 25.9. The van der Waals surface area contributed by atoms with Gasteiger partial charge >= 0.3 is 0 Å². The van der Waals surface area contributed by atoms with E-state index in [1.165, 1.54) is 11.1 Å². The van der Waals surface area contributed by atoms with E-state index in [1.807, 2.05) is 18.0 Å². The zero-order chi connectivity index (χ0) is 23.9. The van der Waals surface area contributed by atoms with Gasteiger partial charge in [-0.25, -0.2) is 4.98 Å². The van der Waals surface area contributed by atoms with Gasteiger partial charge in [-0.15, -0.1) is 0 Å². The Balaban J connectivity index is 1.35. The predicted octanol–water partition coefficient (Wildman–Crippen LogP) is 0.519. The zero-order valence-electron chi connectivity index (χ0n) is 19.9. The molecule has 184 valence electrons. The molecule has 4 rings (SSSR count). The van der Waals surface area contributed by atoms with Gasteiger partial charge in [-0.2, -0.15) is 4.98 Å². The van der Waals surface area contributed by atoms with Crippen molar-refractivity contribution >= 4 is 17.7 Å². The maximum Gasteiger partial charge on any atom is 0.270 e. The van der Waals surface area contributed by atoms with Crippen LogP contribution in [0.5, 0.6) is 0 Å². The summed E-state index contributed by atoms with van der Waals surface area (Å²) >= 11 is 0. The summed E-state index contributed by atoms with van der Waals surface area (Å²) in [6.45, 7) is 4.66. The first-order valence-corrected chi connectivity index (χ1v) is 11.7. The number of benzene rings is 1. The Kier molecular flexibility index (Phi) is 8.28. The number of nitrogens with one attached hydrogen (secondary N) is 2. The van der Waals surface area contributed by atoms with Crippen LogP contribution >= 0.6 is 0 Å². The number of aromatic nitrogens is 2. The number of hydrogen-bond acceptors (Lipinski definition) is 9. The van der Waals surface area contributed by atoms with Gasteiger partial charge in [0, 0.05) is 52.9 Å². The lowest BCUT2D eigenvalue weighted by Crippen LogP contribution is -2.42. The van der Waals surface area contributed by atoms with Crippen LogP contribution in [-0.4, -0.2) is 98.2 Å². The van der Waals surface area contributed by atoms with E-state index in [0.29, 0.717) is 44.7 Å². The van der Waals surface area contributed by atoms with Crippen LogP contribution in [0.1, 0.15) is 21.6 Å². The number of nitrogens with zero attached hydrogens (tertiary/aromatic N) is 4. The molecule has 0 saturated carbocycles. The van der Waals surface area contributed by atoms with E-state index in [1.54, 1.807) is 13.2 Å². The van der Waals surface area contributed by atoms with E-state index in [2.05, 4.69) is 43.7 Å². The minimum atomic E-state index is -0.676. The topological polar surface area (TPSA) is 112 Å². The van der Waals surface area contributed by atoms with E-state index in [-0.39, 0.29) is 24.2 Å². The standard InChI is InChI=1S/C24H34N6O4/c1-29(9-10-33-2)24-27-21(11-22(28-24)26-19-15-34-16-19)23(32)25-12-20(31)14-30-8-7-17-5-3-4-6-18(17)13-30/h3-6,11,19-20,31H,7-10,12-16H2,1-2H3,(H,25,32)(H,26,27,28)/t20-/m0/s1. The van der Waals surface area contributed by atoms with Crippen molar-refractivity contribution in [3.05, 3.63) is 47.2 Å². The highest BCUT2D eigenvalue weighted by atomic mass is 16.5. The van der Waals surface area contributed by atoms with E-state index < -0.39 is 6.10 Å². The molecule has 2 aliphatic rings. The number of methoxy groups -OCH3 is 1. The average Bonchev–Trinajstić information content (AvgIpc) is 2.83. The number of rotatable bonds is 11. The van der Waals surface area contributed by atoms with Gasteiger partial charge in [-0.3, -0.25) is 9.69 Å². The van der Waals surface area contributed by atoms with Gasteiger partial charge in [0.1, 0.15) is 11.5 Å². The largest absolute Gasteiger partial charge is 0.390 e. The van der Waals surface area contributed by atoms with Crippen molar-refractivity contribution < 1.29 is 19.4 Å². The second-order valence-electron chi connectivity index (χ2n) is 8.85. The molecule has 3 heterocycles. The number of carbonyl (C=O) groups is 1. The van der Waals surface area contributed by atoms with Crippen molar-refractivity contribution in [2.24, 2.45) is 0 Å². The second-order valence-corrected chi connectivity index (χ2v) is 8.85. The van der Waals surface area contributed by atoms with Crippen molar-refractivity contribution in [2.75, 3.05) is 70.4 Å². The minimum absolute atomic E-state index is 0.148. The van der Waals surface area contributed by atoms with Crippen LogP contribution in [0.15, 0.2) is 30.3 Å². The number of aliphatic hydroxyl groups excluding tert-OH is 1. The van der Waals surface area contributed by atoms with Gasteiger partial charge in [0.05, 0.1) is 32.0 Å². The number of ether oxygens (including phenoxy) is 2. The molecule has 0 unspecified atom stereocenters. The van der Waals surface area contributed by atoms with E-state index >= 15 is 0 Å². The van der Waals surface area contributed by atoms with Crippen LogP contribution in [0.2, 0.25) is 0 Å². The fourth-order valence-electron chi connectivity index (χ4n) is 4.03. The third kappa shape index (κ3) is 6.41. The first kappa shape index (κ1) is 24.3. The number of hydrogen-bond donors (Lipinski definition) is 3. The van der Waals surface area contributed by atoms with Crippen LogP contribution < -0.4 is 15.5 Å². The first-order valence-electron chi connectivity index (χ1n) is 11.7. The molecule has 0 radical (unpaired) electrons.